The number of aryl methyl sites for hydroxylation is 1. The Hall–Kier alpha value is -1.33. The van der Waals surface area contributed by atoms with E-state index in [9.17, 15) is 4.79 Å². The van der Waals surface area contributed by atoms with Gasteiger partial charge >= 0.3 is 6.03 Å². The van der Waals surface area contributed by atoms with E-state index < -0.39 is 0 Å². The van der Waals surface area contributed by atoms with Crippen LogP contribution >= 0.6 is 22.9 Å². The predicted molar refractivity (Wildman–Crippen MR) is 67.2 cm³/mol. The monoisotopic (exact) mass is 270 g/mol. The molecule has 0 fully saturated rings. The highest BCUT2D eigenvalue weighted by atomic mass is 35.5. The Morgan fingerprint density at radius 3 is 2.88 bits per heavy atom. The molecule has 1 amide bonds. The average molecular weight is 271 g/mol. The summed E-state index contributed by atoms with van der Waals surface area (Å²) in [4.78, 5) is 14.7. The number of halogens is 1. The predicted octanol–water partition coefficient (Wildman–Crippen LogP) is 2.13. The Balaban J connectivity index is 2.05. The number of carbonyl (C=O) groups excluding carboxylic acids is 1. The van der Waals surface area contributed by atoms with Crippen LogP contribution in [-0.4, -0.2) is 22.5 Å². The van der Waals surface area contributed by atoms with Gasteiger partial charge in [-0.1, -0.05) is 11.6 Å². The zero-order chi connectivity index (χ0) is 12.4. The van der Waals surface area contributed by atoms with E-state index in [4.69, 9.17) is 11.6 Å². The molecule has 2 rings (SSSR count). The van der Waals surface area contributed by atoms with Crippen molar-refractivity contribution in [1.29, 1.82) is 0 Å². The number of nitrogens with zero attached hydrogens (tertiary/aromatic N) is 3. The quantitative estimate of drug-likeness (QED) is 0.769. The van der Waals surface area contributed by atoms with Gasteiger partial charge in [-0.2, -0.15) is 4.57 Å². The van der Waals surface area contributed by atoms with Crippen LogP contribution in [0.15, 0.2) is 30.9 Å². The van der Waals surface area contributed by atoms with Crippen molar-refractivity contribution in [3.8, 4) is 0 Å². The molecule has 90 valence electrons. The molecule has 0 aliphatic heterocycles. The van der Waals surface area contributed by atoms with E-state index >= 15 is 0 Å². The second-order valence-corrected chi connectivity index (χ2v) is 5.63. The first-order valence-corrected chi connectivity index (χ1v) is 6.28. The fraction of sp³-hybridized carbons (Fsp3) is 0.273. The highest BCUT2D eigenvalue weighted by Gasteiger charge is 2.17. The van der Waals surface area contributed by atoms with Crippen LogP contribution in [0.1, 0.15) is 4.88 Å². The van der Waals surface area contributed by atoms with Crippen LogP contribution < -0.4 is 4.57 Å². The second kappa shape index (κ2) is 4.89. The summed E-state index contributed by atoms with van der Waals surface area (Å²) in [6.07, 6.45) is 5.30. The standard InChI is InChI=1S/C11H13ClN3OS/c1-13-5-6-15(8-13)11(16)14(2)7-9-3-4-10(12)17-9/h3-6,8H,7H2,1-2H3/q+1. The Morgan fingerprint density at radius 1 is 1.59 bits per heavy atom. The van der Waals surface area contributed by atoms with Crippen LogP contribution in [0.2, 0.25) is 4.34 Å². The third-order valence-corrected chi connectivity index (χ3v) is 3.55. The smallest absolute Gasteiger partial charge is 0.302 e. The summed E-state index contributed by atoms with van der Waals surface area (Å²) < 4.78 is 4.12. The zero-order valence-corrected chi connectivity index (χ0v) is 11.2. The number of rotatable bonds is 2. The molecule has 2 aromatic rings. The Morgan fingerprint density at radius 2 is 2.35 bits per heavy atom. The van der Waals surface area contributed by atoms with Crippen molar-refractivity contribution in [2.75, 3.05) is 7.05 Å². The van der Waals surface area contributed by atoms with Gasteiger partial charge in [-0.3, -0.25) is 0 Å². The fourth-order valence-corrected chi connectivity index (χ4v) is 2.64. The Labute approximate surface area is 109 Å². The van der Waals surface area contributed by atoms with E-state index in [2.05, 4.69) is 0 Å². The van der Waals surface area contributed by atoms with Gasteiger partial charge in [0, 0.05) is 11.9 Å². The number of hydrogen-bond donors (Lipinski definition) is 0. The normalized spacial score (nSPS) is 10.5. The summed E-state index contributed by atoms with van der Waals surface area (Å²) in [7, 11) is 3.65. The summed E-state index contributed by atoms with van der Waals surface area (Å²) in [5.74, 6) is 0. The van der Waals surface area contributed by atoms with Gasteiger partial charge in [-0.25, -0.2) is 9.36 Å². The summed E-state index contributed by atoms with van der Waals surface area (Å²) in [6, 6.07) is 3.72. The molecule has 2 aromatic heterocycles. The molecule has 0 atom stereocenters. The van der Waals surface area contributed by atoms with Gasteiger partial charge in [0.25, 0.3) is 6.33 Å². The molecule has 0 radical (unpaired) electrons. The van der Waals surface area contributed by atoms with E-state index in [-0.39, 0.29) is 6.03 Å². The van der Waals surface area contributed by atoms with Gasteiger partial charge in [-0.15, -0.1) is 11.3 Å². The molecule has 4 nitrogen and oxygen atoms in total. The van der Waals surface area contributed by atoms with Crippen LogP contribution in [0.4, 0.5) is 4.79 Å². The second-order valence-electron chi connectivity index (χ2n) is 3.83. The van der Waals surface area contributed by atoms with E-state index in [0.717, 1.165) is 9.21 Å². The molecule has 0 N–H and O–H groups in total. The maximum absolute atomic E-state index is 12.0. The lowest BCUT2D eigenvalue weighted by Crippen LogP contribution is -2.31. The molecule has 17 heavy (non-hydrogen) atoms. The van der Waals surface area contributed by atoms with Gasteiger partial charge < -0.3 is 4.90 Å². The number of imidazole rings is 1. The molecular formula is C11H13ClN3OS+. The van der Waals surface area contributed by atoms with Crippen LogP contribution in [0.25, 0.3) is 0 Å². The van der Waals surface area contributed by atoms with Gasteiger partial charge in [0.05, 0.1) is 17.9 Å². The zero-order valence-electron chi connectivity index (χ0n) is 9.63. The summed E-state index contributed by atoms with van der Waals surface area (Å²) >= 11 is 7.34. The van der Waals surface area contributed by atoms with Crippen molar-refractivity contribution < 1.29 is 9.36 Å². The summed E-state index contributed by atoms with van der Waals surface area (Å²) in [6.45, 7) is 0.568. The number of carbonyl (C=O) groups is 1. The van der Waals surface area contributed by atoms with Crippen molar-refractivity contribution >= 4 is 29.0 Å². The molecular weight excluding hydrogens is 258 g/mol. The molecule has 0 aliphatic carbocycles. The van der Waals surface area contributed by atoms with Crippen LogP contribution in [0, 0.1) is 0 Å². The number of aromatic nitrogens is 2. The van der Waals surface area contributed by atoms with Crippen molar-refractivity contribution in [3.05, 3.63) is 40.1 Å². The highest BCUT2D eigenvalue weighted by Crippen LogP contribution is 2.22. The Bertz CT molecular complexity index is 534. The first-order chi connectivity index (χ1) is 8.06. The molecule has 0 bridgehead atoms. The SMILES string of the molecule is CN(Cc1ccc(Cl)s1)C(=O)n1cc[n+](C)c1. The molecule has 6 heteroatoms. The molecule has 0 unspecified atom stereocenters. The maximum atomic E-state index is 12.0. The van der Waals surface area contributed by atoms with Crippen LogP contribution in [-0.2, 0) is 13.6 Å². The molecule has 0 aromatic carbocycles. The molecule has 2 heterocycles. The summed E-state index contributed by atoms with van der Waals surface area (Å²) in [5.41, 5.74) is 0. The first-order valence-electron chi connectivity index (χ1n) is 5.09. The largest absolute Gasteiger partial charge is 0.415 e. The van der Waals surface area contributed by atoms with E-state index in [1.807, 2.05) is 29.9 Å². The molecule has 0 aliphatic rings. The first kappa shape index (κ1) is 12.1. The minimum Gasteiger partial charge on any atom is -0.302 e. The van der Waals surface area contributed by atoms with Crippen molar-refractivity contribution in [2.24, 2.45) is 7.05 Å². The highest BCUT2D eigenvalue weighted by molar-refractivity contribution is 7.16. The lowest BCUT2D eigenvalue weighted by Gasteiger charge is -2.12. The van der Waals surface area contributed by atoms with Crippen LogP contribution in [0.3, 0.4) is 0 Å². The third-order valence-electron chi connectivity index (χ3n) is 2.34. The molecule has 0 saturated carbocycles. The van der Waals surface area contributed by atoms with E-state index in [0.29, 0.717) is 6.54 Å². The van der Waals surface area contributed by atoms with E-state index in [1.54, 1.807) is 29.0 Å². The van der Waals surface area contributed by atoms with Gasteiger partial charge in [0.2, 0.25) is 0 Å². The minimum atomic E-state index is -0.0601. The maximum Gasteiger partial charge on any atom is 0.415 e. The molecule has 0 spiro atoms. The third kappa shape index (κ3) is 2.87. The molecule has 0 saturated heterocycles. The fourth-order valence-electron chi connectivity index (χ4n) is 1.50. The lowest BCUT2D eigenvalue weighted by atomic mass is 10.4. The average Bonchev–Trinajstić information content (AvgIpc) is 2.87. The van der Waals surface area contributed by atoms with E-state index in [1.165, 1.54) is 11.3 Å². The van der Waals surface area contributed by atoms with Crippen molar-refractivity contribution in [2.45, 2.75) is 6.54 Å². The Kier molecular flexibility index (Phi) is 3.49. The summed E-state index contributed by atoms with van der Waals surface area (Å²) in [5, 5.41) is 0. The van der Waals surface area contributed by atoms with Crippen molar-refractivity contribution in [3.63, 3.8) is 0 Å². The topological polar surface area (TPSA) is 29.1 Å². The number of thiophene rings is 1. The van der Waals surface area contributed by atoms with Gasteiger partial charge in [0.1, 0.15) is 12.4 Å². The van der Waals surface area contributed by atoms with Crippen molar-refractivity contribution in [1.82, 2.24) is 9.47 Å². The lowest BCUT2D eigenvalue weighted by molar-refractivity contribution is -0.670. The van der Waals surface area contributed by atoms with Crippen LogP contribution in [0.5, 0.6) is 0 Å². The van der Waals surface area contributed by atoms with Gasteiger partial charge in [0.15, 0.2) is 0 Å². The van der Waals surface area contributed by atoms with Gasteiger partial charge in [-0.05, 0) is 12.1 Å². The minimum absolute atomic E-state index is 0.0601. The number of amides is 1. The number of hydrogen-bond acceptors (Lipinski definition) is 2.